The van der Waals surface area contributed by atoms with Crippen LogP contribution in [-0.2, 0) is 14.3 Å². The third kappa shape index (κ3) is 3.01. The highest BCUT2D eigenvalue weighted by Crippen LogP contribution is 2.32. The fourth-order valence-corrected chi connectivity index (χ4v) is 3.13. The third-order valence-corrected chi connectivity index (χ3v) is 4.39. The largest absolute Gasteiger partial charge is 0.509 e. The molecule has 114 valence electrons. The van der Waals surface area contributed by atoms with Crippen molar-refractivity contribution in [1.29, 1.82) is 0 Å². The maximum absolute atomic E-state index is 12.4. The Morgan fingerprint density at radius 1 is 1.35 bits per heavy atom. The van der Waals surface area contributed by atoms with Crippen molar-refractivity contribution in [3.05, 3.63) is 0 Å². The normalized spacial score (nSPS) is 28.5. The van der Waals surface area contributed by atoms with Gasteiger partial charge >= 0.3 is 6.16 Å². The first-order valence-electron chi connectivity index (χ1n) is 7.04. The monoisotopic (exact) mass is 304 g/mol. The predicted octanol–water partition coefficient (Wildman–Crippen LogP) is 0.936. The molecule has 0 aliphatic carbocycles. The maximum atomic E-state index is 12.4. The second-order valence-corrected chi connectivity index (χ2v) is 5.69. The lowest BCUT2D eigenvalue weighted by Gasteiger charge is -2.38. The first-order valence-corrected chi connectivity index (χ1v) is 7.04. The molecule has 1 N–H and O–H groups in total. The van der Waals surface area contributed by atoms with Gasteiger partial charge in [0.25, 0.3) is 0 Å². The van der Waals surface area contributed by atoms with Gasteiger partial charge in [0, 0.05) is 32.5 Å². The van der Waals surface area contributed by atoms with E-state index in [0.29, 0.717) is 32.5 Å². The highest BCUT2D eigenvalue weighted by Gasteiger charge is 2.45. The topological polar surface area (TPSA) is 67.9 Å². The molecule has 0 aromatic carbocycles. The van der Waals surface area contributed by atoms with Crippen molar-refractivity contribution in [3.63, 3.8) is 0 Å². The van der Waals surface area contributed by atoms with Crippen LogP contribution in [0, 0.1) is 5.92 Å². The van der Waals surface area contributed by atoms with Gasteiger partial charge < -0.3 is 19.7 Å². The molecule has 0 saturated carbocycles. The summed E-state index contributed by atoms with van der Waals surface area (Å²) in [5.74, 6) is 0.359. The van der Waals surface area contributed by atoms with E-state index in [0.717, 1.165) is 25.9 Å². The molecule has 1 unspecified atom stereocenters. The van der Waals surface area contributed by atoms with Gasteiger partial charge in [0.05, 0.1) is 5.92 Å². The van der Waals surface area contributed by atoms with Crippen molar-refractivity contribution in [2.24, 2.45) is 5.92 Å². The average molecular weight is 305 g/mol. The quantitative estimate of drug-likeness (QED) is 0.730. The summed E-state index contributed by atoms with van der Waals surface area (Å²) in [5.41, 5.74) is -0.474. The number of piperidine rings is 2. The predicted molar refractivity (Wildman–Crippen MR) is 73.8 cm³/mol. The van der Waals surface area contributed by atoms with E-state index in [1.54, 1.807) is 0 Å². The Morgan fingerprint density at radius 2 is 2.10 bits per heavy atom. The molecule has 1 amide bonds. The number of nitrogens with one attached hydrogen (secondary N) is 1. The number of rotatable bonds is 1. The van der Waals surface area contributed by atoms with E-state index in [1.807, 2.05) is 4.90 Å². The van der Waals surface area contributed by atoms with E-state index in [-0.39, 0.29) is 24.2 Å². The number of hydrogen-bond acceptors (Lipinski definition) is 5. The van der Waals surface area contributed by atoms with Crippen LogP contribution < -0.4 is 5.32 Å². The summed E-state index contributed by atoms with van der Waals surface area (Å²) in [6.45, 7) is 3.45. The molecule has 0 radical (unpaired) electrons. The Balaban J connectivity index is 0.00000147. The molecule has 0 aromatic heterocycles. The fourth-order valence-electron chi connectivity index (χ4n) is 3.13. The highest BCUT2D eigenvalue weighted by molar-refractivity contribution is 5.85. The Labute approximate surface area is 124 Å². The summed E-state index contributed by atoms with van der Waals surface area (Å²) >= 11 is 0. The molecule has 7 heteroatoms. The Bertz CT molecular complexity index is 377. The van der Waals surface area contributed by atoms with E-state index in [9.17, 15) is 9.59 Å². The third-order valence-electron chi connectivity index (χ3n) is 4.39. The number of halogens is 1. The maximum Gasteiger partial charge on any atom is 0.509 e. The van der Waals surface area contributed by atoms with Gasteiger partial charge in [-0.15, -0.1) is 12.4 Å². The molecule has 3 aliphatic rings. The van der Waals surface area contributed by atoms with E-state index < -0.39 is 11.8 Å². The number of nitrogens with zero attached hydrogens (tertiary/aromatic N) is 1. The zero-order valence-corrected chi connectivity index (χ0v) is 12.2. The lowest BCUT2D eigenvalue weighted by molar-refractivity contribution is -0.139. The molecule has 0 bridgehead atoms. The van der Waals surface area contributed by atoms with Crippen molar-refractivity contribution < 1.29 is 19.1 Å². The molecule has 3 aliphatic heterocycles. The van der Waals surface area contributed by atoms with Crippen LogP contribution in [0.5, 0.6) is 0 Å². The van der Waals surface area contributed by atoms with Gasteiger partial charge in [-0.3, -0.25) is 4.79 Å². The smallest absolute Gasteiger partial charge is 0.430 e. The van der Waals surface area contributed by atoms with Crippen LogP contribution >= 0.6 is 12.4 Å². The molecule has 3 heterocycles. The van der Waals surface area contributed by atoms with Crippen LogP contribution in [0.4, 0.5) is 4.79 Å². The van der Waals surface area contributed by atoms with E-state index in [2.05, 4.69) is 5.32 Å². The number of ether oxygens (including phenoxy) is 2. The summed E-state index contributed by atoms with van der Waals surface area (Å²) in [6.07, 6.45) is 2.84. The van der Waals surface area contributed by atoms with Crippen molar-refractivity contribution in [1.82, 2.24) is 10.2 Å². The minimum absolute atomic E-state index is 0. The number of cyclic esters (lactones) is 1. The minimum Gasteiger partial charge on any atom is -0.430 e. The molecule has 1 spiro atoms. The van der Waals surface area contributed by atoms with Gasteiger partial charge in [0.15, 0.2) is 5.60 Å². The van der Waals surface area contributed by atoms with Crippen LogP contribution in [0.3, 0.4) is 0 Å². The molecule has 1 atom stereocenters. The molecule has 3 rings (SSSR count). The molecule has 3 saturated heterocycles. The van der Waals surface area contributed by atoms with Gasteiger partial charge in [-0.1, -0.05) is 0 Å². The lowest BCUT2D eigenvalue weighted by Crippen LogP contribution is -2.51. The van der Waals surface area contributed by atoms with Gasteiger partial charge in [0.2, 0.25) is 5.91 Å². The molecular formula is C13H21ClN2O4. The molecule has 3 fully saturated rings. The summed E-state index contributed by atoms with van der Waals surface area (Å²) in [7, 11) is 0. The van der Waals surface area contributed by atoms with Crippen LogP contribution in [0.1, 0.15) is 25.7 Å². The average Bonchev–Trinajstić information content (AvgIpc) is 2.81. The summed E-state index contributed by atoms with van der Waals surface area (Å²) in [5, 5.41) is 3.27. The number of likely N-dealkylation sites (tertiary alicyclic amines) is 1. The van der Waals surface area contributed by atoms with Gasteiger partial charge in [-0.2, -0.15) is 0 Å². The molecule has 20 heavy (non-hydrogen) atoms. The van der Waals surface area contributed by atoms with E-state index >= 15 is 0 Å². The number of carbonyl (C=O) groups is 2. The lowest BCUT2D eigenvalue weighted by atomic mass is 9.90. The fraction of sp³-hybridized carbons (Fsp3) is 0.846. The minimum atomic E-state index is -0.573. The number of amides is 1. The highest BCUT2D eigenvalue weighted by atomic mass is 35.5. The SMILES string of the molecule is Cl.O=C1OCC2(CCN(C(=O)C3CCCNC3)CC2)O1. The first-order chi connectivity index (χ1) is 9.19. The van der Waals surface area contributed by atoms with Crippen molar-refractivity contribution in [3.8, 4) is 0 Å². The van der Waals surface area contributed by atoms with Crippen LogP contribution in [0.15, 0.2) is 0 Å². The Morgan fingerprint density at radius 3 is 2.65 bits per heavy atom. The Kier molecular flexibility index (Phi) is 4.75. The first kappa shape index (κ1) is 15.4. The molecular weight excluding hydrogens is 284 g/mol. The zero-order valence-electron chi connectivity index (χ0n) is 11.4. The second kappa shape index (κ2) is 6.18. The van der Waals surface area contributed by atoms with Crippen molar-refractivity contribution >= 4 is 24.5 Å². The van der Waals surface area contributed by atoms with Gasteiger partial charge in [-0.05, 0) is 19.4 Å². The van der Waals surface area contributed by atoms with Crippen molar-refractivity contribution in [2.75, 3.05) is 32.8 Å². The molecule has 6 nitrogen and oxygen atoms in total. The summed E-state index contributed by atoms with van der Waals surface area (Å²) in [6, 6.07) is 0. The number of carbonyl (C=O) groups excluding carboxylic acids is 2. The standard InChI is InChI=1S/C13H20N2O4.ClH/c16-11(10-2-1-5-14-8-10)15-6-3-13(4-7-15)9-18-12(17)19-13;/h10,14H,1-9H2;1H. The molecule has 0 aromatic rings. The van der Waals surface area contributed by atoms with Crippen LogP contribution in [0.25, 0.3) is 0 Å². The zero-order chi connectivity index (χ0) is 13.3. The van der Waals surface area contributed by atoms with Crippen molar-refractivity contribution in [2.45, 2.75) is 31.3 Å². The number of hydrogen-bond donors (Lipinski definition) is 1. The summed E-state index contributed by atoms with van der Waals surface area (Å²) < 4.78 is 10.1. The van der Waals surface area contributed by atoms with Gasteiger partial charge in [0.1, 0.15) is 6.61 Å². The second-order valence-electron chi connectivity index (χ2n) is 5.69. The van der Waals surface area contributed by atoms with E-state index in [1.165, 1.54) is 0 Å². The van der Waals surface area contributed by atoms with Gasteiger partial charge in [-0.25, -0.2) is 4.79 Å². The van der Waals surface area contributed by atoms with E-state index in [4.69, 9.17) is 9.47 Å². The summed E-state index contributed by atoms with van der Waals surface area (Å²) in [4.78, 5) is 25.3. The van der Waals surface area contributed by atoms with Crippen LogP contribution in [0.2, 0.25) is 0 Å². The Hall–Kier alpha value is -1.01. The van der Waals surface area contributed by atoms with Crippen LogP contribution in [-0.4, -0.2) is 55.3 Å².